The van der Waals surface area contributed by atoms with Crippen LogP contribution in [0.1, 0.15) is 10.4 Å². The van der Waals surface area contributed by atoms with Crippen molar-refractivity contribution in [2.45, 2.75) is 0 Å². The van der Waals surface area contributed by atoms with Gasteiger partial charge in [-0.15, -0.1) is 0 Å². The predicted octanol–water partition coefficient (Wildman–Crippen LogP) is 5.72. The number of aromatic nitrogens is 1. The van der Waals surface area contributed by atoms with E-state index in [0.29, 0.717) is 9.82 Å². The minimum Gasteiger partial charge on any atom is -0.319 e. The molecule has 0 aliphatic heterocycles. The zero-order valence-corrected chi connectivity index (χ0v) is 17.9. The van der Waals surface area contributed by atoms with Gasteiger partial charge in [0.05, 0.1) is 15.5 Å². The molecule has 1 heterocycles. The van der Waals surface area contributed by atoms with Crippen molar-refractivity contribution < 1.29 is 9.72 Å². The summed E-state index contributed by atoms with van der Waals surface area (Å²) in [6.45, 7) is 0. The number of amides is 1. The van der Waals surface area contributed by atoms with E-state index in [1.165, 1.54) is 35.6 Å². The Morgan fingerprint density at radius 1 is 0.968 bits per heavy atom. The highest BCUT2D eigenvalue weighted by Gasteiger charge is 2.16. The van der Waals surface area contributed by atoms with Gasteiger partial charge >= 0.3 is 0 Å². The number of non-ortho nitro benzene ring substituents is 1. The van der Waals surface area contributed by atoms with Crippen LogP contribution in [0.5, 0.6) is 0 Å². The second-order valence-corrected chi connectivity index (χ2v) is 8.13. The van der Waals surface area contributed by atoms with Crippen molar-refractivity contribution in [3.05, 3.63) is 104 Å². The van der Waals surface area contributed by atoms with Gasteiger partial charge in [0.2, 0.25) is 0 Å². The number of carbonyl (C=O) groups is 1. The van der Waals surface area contributed by atoms with Gasteiger partial charge < -0.3 is 4.57 Å². The van der Waals surface area contributed by atoms with Crippen molar-refractivity contribution >= 4 is 34.5 Å². The number of halogens is 1. The number of benzene rings is 3. The standard InChI is InChI=1S/C23H16ClN3O3S/c1-26-20(15-7-11-18(24)12-8-15)21(16-5-3-2-4-6-16)31-23(26)25-22(28)17-9-13-19(14-10-17)27(29)30/h2-14H,1H3. The molecule has 0 unspecified atom stereocenters. The normalized spacial score (nSPS) is 11.5. The van der Waals surface area contributed by atoms with Crippen LogP contribution < -0.4 is 4.80 Å². The largest absolute Gasteiger partial charge is 0.319 e. The molecule has 154 valence electrons. The van der Waals surface area contributed by atoms with Crippen LogP contribution in [0.25, 0.3) is 21.7 Å². The van der Waals surface area contributed by atoms with Gasteiger partial charge in [-0.25, -0.2) is 0 Å². The summed E-state index contributed by atoms with van der Waals surface area (Å²) in [7, 11) is 1.86. The van der Waals surface area contributed by atoms with Crippen molar-refractivity contribution in [2.24, 2.45) is 12.0 Å². The van der Waals surface area contributed by atoms with Gasteiger partial charge in [-0.1, -0.05) is 65.4 Å². The maximum atomic E-state index is 12.7. The molecule has 0 saturated heterocycles. The summed E-state index contributed by atoms with van der Waals surface area (Å²) in [6.07, 6.45) is 0. The Kier molecular flexibility index (Phi) is 5.79. The Hall–Kier alpha value is -3.55. The van der Waals surface area contributed by atoms with Crippen molar-refractivity contribution in [1.82, 2.24) is 4.57 Å². The summed E-state index contributed by atoms with van der Waals surface area (Å²) in [5, 5.41) is 11.5. The van der Waals surface area contributed by atoms with Crippen LogP contribution in [-0.4, -0.2) is 15.4 Å². The molecule has 0 aliphatic carbocycles. The van der Waals surface area contributed by atoms with Crippen LogP contribution in [-0.2, 0) is 7.05 Å². The zero-order chi connectivity index (χ0) is 22.0. The fourth-order valence-corrected chi connectivity index (χ4v) is 4.42. The molecule has 0 N–H and O–H groups in total. The molecule has 0 atom stereocenters. The molecule has 6 nitrogen and oxygen atoms in total. The average molecular weight is 450 g/mol. The highest BCUT2D eigenvalue weighted by Crippen LogP contribution is 2.34. The Labute approximate surface area is 186 Å². The molecule has 0 radical (unpaired) electrons. The van der Waals surface area contributed by atoms with E-state index in [-0.39, 0.29) is 11.3 Å². The number of thiazole rings is 1. The number of hydrogen-bond acceptors (Lipinski definition) is 4. The van der Waals surface area contributed by atoms with E-state index in [0.717, 1.165) is 21.7 Å². The number of hydrogen-bond donors (Lipinski definition) is 0. The first-order chi connectivity index (χ1) is 14.9. The van der Waals surface area contributed by atoms with E-state index in [9.17, 15) is 14.9 Å². The third-order valence-electron chi connectivity index (χ3n) is 4.71. The van der Waals surface area contributed by atoms with Crippen LogP contribution in [0, 0.1) is 10.1 Å². The first kappa shape index (κ1) is 20.7. The SMILES string of the molecule is Cn1c(-c2ccc(Cl)cc2)c(-c2ccccc2)sc1=NC(=O)c1ccc([N+](=O)[O-])cc1. The van der Waals surface area contributed by atoms with Gasteiger partial charge in [0, 0.05) is 29.8 Å². The molecule has 8 heteroatoms. The summed E-state index contributed by atoms with van der Waals surface area (Å²) in [6, 6.07) is 22.8. The first-order valence-electron chi connectivity index (χ1n) is 9.29. The lowest BCUT2D eigenvalue weighted by Crippen LogP contribution is -2.14. The van der Waals surface area contributed by atoms with Gasteiger partial charge in [-0.3, -0.25) is 14.9 Å². The molecule has 31 heavy (non-hydrogen) atoms. The number of carbonyl (C=O) groups excluding carboxylic acids is 1. The van der Waals surface area contributed by atoms with Crippen molar-refractivity contribution in [3.8, 4) is 21.7 Å². The quantitative estimate of drug-likeness (QED) is 0.295. The third-order valence-corrected chi connectivity index (χ3v) is 6.14. The Balaban J connectivity index is 1.84. The smallest absolute Gasteiger partial charge is 0.279 e. The number of nitrogens with zero attached hydrogens (tertiary/aromatic N) is 3. The molecule has 0 bridgehead atoms. The van der Waals surface area contributed by atoms with Crippen molar-refractivity contribution in [1.29, 1.82) is 0 Å². The number of nitro groups is 1. The lowest BCUT2D eigenvalue weighted by molar-refractivity contribution is -0.384. The van der Waals surface area contributed by atoms with Crippen LogP contribution >= 0.6 is 22.9 Å². The minimum atomic E-state index is -0.505. The Bertz CT molecular complexity index is 1330. The summed E-state index contributed by atoms with van der Waals surface area (Å²) in [5.74, 6) is -0.464. The summed E-state index contributed by atoms with van der Waals surface area (Å²) in [5.41, 5.74) is 3.09. The lowest BCUT2D eigenvalue weighted by Gasteiger charge is -2.07. The maximum absolute atomic E-state index is 12.7. The van der Waals surface area contributed by atoms with Gasteiger partial charge in [-0.05, 0) is 35.4 Å². The molecule has 1 amide bonds. The van der Waals surface area contributed by atoms with Crippen molar-refractivity contribution in [2.75, 3.05) is 0 Å². The third kappa shape index (κ3) is 4.33. The molecule has 4 rings (SSSR count). The fourth-order valence-electron chi connectivity index (χ4n) is 3.15. The molecular weight excluding hydrogens is 434 g/mol. The Morgan fingerprint density at radius 3 is 2.23 bits per heavy atom. The fraction of sp³-hybridized carbons (Fsp3) is 0.0435. The zero-order valence-electron chi connectivity index (χ0n) is 16.4. The molecule has 1 aromatic heterocycles. The van der Waals surface area contributed by atoms with Gasteiger partial charge in [0.1, 0.15) is 0 Å². The minimum absolute atomic E-state index is 0.0744. The van der Waals surface area contributed by atoms with Gasteiger partial charge in [0.15, 0.2) is 4.80 Å². The average Bonchev–Trinajstić information content (AvgIpc) is 3.11. The Morgan fingerprint density at radius 2 is 1.61 bits per heavy atom. The van der Waals surface area contributed by atoms with E-state index in [2.05, 4.69) is 4.99 Å². The summed E-state index contributed by atoms with van der Waals surface area (Å²) in [4.78, 5) is 28.8. The van der Waals surface area contributed by atoms with Crippen LogP contribution in [0.3, 0.4) is 0 Å². The summed E-state index contributed by atoms with van der Waals surface area (Å²) < 4.78 is 1.87. The molecule has 0 aliphatic rings. The molecule has 0 saturated carbocycles. The first-order valence-corrected chi connectivity index (χ1v) is 10.5. The van der Waals surface area contributed by atoms with E-state index in [4.69, 9.17) is 11.6 Å². The number of rotatable bonds is 4. The highest BCUT2D eigenvalue weighted by molar-refractivity contribution is 7.13. The van der Waals surface area contributed by atoms with E-state index in [1.807, 2.05) is 66.2 Å². The monoisotopic (exact) mass is 449 g/mol. The predicted molar refractivity (Wildman–Crippen MR) is 122 cm³/mol. The van der Waals surface area contributed by atoms with Gasteiger partial charge in [0.25, 0.3) is 11.6 Å². The highest BCUT2D eigenvalue weighted by atomic mass is 35.5. The number of nitro benzene ring substituents is 1. The maximum Gasteiger partial charge on any atom is 0.279 e. The van der Waals surface area contributed by atoms with Crippen LogP contribution in [0.4, 0.5) is 5.69 Å². The molecule has 3 aromatic carbocycles. The van der Waals surface area contributed by atoms with Crippen LogP contribution in [0.2, 0.25) is 5.02 Å². The van der Waals surface area contributed by atoms with Gasteiger partial charge in [-0.2, -0.15) is 4.99 Å². The summed E-state index contributed by atoms with van der Waals surface area (Å²) >= 11 is 7.46. The lowest BCUT2D eigenvalue weighted by atomic mass is 10.1. The van der Waals surface area contributed by atoms with E-state index in [1.54, 1.807) is 0 Å². The van der Waals surface area contributed by atoms with Crippen LogP contribution in [0.15, 0.2) is 83.9 Å². The van der Waals surface area contributed by atoms with E-state index >= 15 is 0 Å². The van der Waals surface area contributed by atoms with Crippen molar-refractivity contribution in [3.63, 3.8) is 0 Å². The van der Waals surface area contributed by atoms with E-state index < -0.39 is 10.8 Å². The second-order valence-electron chi connectivity index (χ2n) is 6.72. The molecule has 4 aromatic rings. The topological polar surface area (TPSA) is 77.5 Å². The molecular formula is C23H16ClN3O3S. The molecule has 0 fully saturated rings. The molecule has 0 spiro atoms. The second kappa shape index (κ2) is 8.67.